The molecule has 1 aliphatic carbocycles. The molecular formula is C13H22N4O2. The van der Waals surface area contributed by atoms with Gasteiger partial charge in [0.1, 0.15) is 0 Å². The Hall–Kier alpha value is -1.40. The van der Waals surface area contributed by atoms with E-state index in [1.54, 1.807) is 6.08 Å². The molecule has 6 nitrogen and oxygen atoms in total. The van der Waals surface area contributed by atoms with Crippen molar-refractivity contribution in [2.75, 3.05) is 26.2 Å². The van der Waals surface area contributed by atoms with Gasteiger partial charge in [-0.3, -0.25) is 15.0 Å². The second-order valence-electron chi connectivity index (χ2n) is 5.41. The molecule has 4 N–H and O–H groups in total. The molecule has 0 aromatic heterocycles. The van der Waals surface area contributed by atoms with E-state index in [-0.39, 0.29) is 18.5 Å². The molecule has 3 unspecified atom stereocenters. The summed E-state index contributed by atoms with van der Waals surface area (Å²) in [5.74, 6) is 0.870. The minimum absolute atomic E-state index is 0.265. The number of hydrogen-bond donors (Lipinski definition) is 3. The van der Waals surface area contributed by atoms with Crippen LogP contribution in [0.15, 0.2) is 12.7 Å². The Bertz CT molecular complexity index is 372. The fourth-order valence-electron chi connectivity index (χ4n) is 3.11. The summed E-state index contributed by atoms with van der Waals surface area (Å²) < 4.78 is 0. The van der Waals surface area contributed by atoms with Crippen LogP contribution in [0.5, 0.6) is 0 Å². The zero-order chi connectivity index (χ0) is 13.8. The number of hydrogen-bond acceptors (Lipinski definition) is 4. The van der Waals surface area contributed by atoms with Crippen LogP contribution in [-0.4, -0.2) is 49.1 Å². The van der Waals surface area contributed by atoms with Crippen LogP contribution in [0.2, 0.25) is 0 Å². The smallest absolute Gasteiger partial charge is 0.321 e. The molecular weight excluding hydrogens is 244 g/mol. The first-order chi connectivity index (χ1) is 9.10. The van der Waals surface area contributed by atoms with Crippen molar-refractivity contribution in [2.45, 2.75) is 18.9 Å². The molecule has 1 saturated heterocycles. The molecule has 1 heterocycles. The first-order valence-electron chi connectivity index (χ1n) is 6.76. The molecule has 2 aliphatic rings. The van der Waals surface area contributed by atoms with Crippen LogP contribution in [0.1, 0.15) is 12.8 Å². The minimum atomic E-state index is -0.471. The molecule has 106 valence electrons. The number of fused-ring (bicyclic) bond motifs is 1. The Morgan fingerprint density at radius 2 is 2.16 bits per heavy atom. The Morgan fingerprint density at radius 3 is 2.84 bits per heavy atom. The van der Waals surface area contributed by atoms with Crippen molar-refractivity contribution in [1.29, 1.82) is 0 Å². The number of amides is 3. The fourth-order valence-corrected chi connectivity index (χ4v) is 3.11. The third kappa shape index (κ3) is 3.54. The number of nitrogens with one attached hydrogen (secondary N) is 2. The number of carbonyl (C=O) groups is 2. The number of nitrogens with two attached hydrogens (primary N) is 1. The van der Waals surface area contributed by atoms with Gasteiger partial charge in [0.15, 0.2) is 0 Å². The molecule has 1 aliphatic heterocycles. The molecule has 0 aromatic carbocycles. The highest BCUT2D eigenvalue weighted by Gasteiger charge is 2.41. The molecule has 2 fully saturated rings. The van der Waals surface area contributed by atoms with Gasteiger partial charge < -0.3 is 11.1 Å². The van der Waals surface area contributed by atoms with Crippen LogP contribution in [0.25, 0.3) is 0 Å². The van der Waals surface area contributed by atoms with Gasteiger partial charge in [-0.25, -0.2) is 4.79 Å². The fraction of sp³-hybridized carbons (Fsp3) is 0.692. The number of nitrogens with zero attached hydrogens (tertiary/aromatic N) is 1. The Balaban J connectivity index is 1.72. The zero-order valence-corrected chi connectivity index (χ0v) is 11.1. The summed E-state index contributed by atoms with van der Waals surface area (Å²) in [6.45, 7) is 5.89. The van der Waals surface area contributed by atoms with Crippen LogP contribution in [0.4, 0.5) is 4.79 Å². The summed E-state index contributed by atoms with van der Waals surface area (Å²) in [6.07, 6.45) is 3.82. The first-order valence-corrected chi connectivity index (χ1v) is 6.76. The molecule has 0 bridgehead atoms. The molecule has 6 heteroatoms. The van der Waals surface area contributed by atoms with Crippen molar-refractivity contribution >= 4 is 11.9 Å². The quantitative estimate of drug-likeness (QED) is 0.608. The van der Waals surface area contributed by atoms with Crippen molar-refractivity contribution in [3.63, 3.8) is 0 Å². The molecule has 2 rings (SSSR count). The van der Waals surface area contributed by atoms with Crippen LogP contribution in [0.3, 0.4) is 0 Å². The van der Waals surface area contributed by atoms with Gasteiger partial charge >= 0.3 is 6.03 Å². The van der Waals surface area contributed by atoms with Gasteiger partial charge in [0.25, 0.3) is 0 Å². The number of imide groups is 1. The Labute approximate surface area is 113 Å². The van der Waals surface area contributed by atoms with Crippen LogP contribution < -0.4 is 16.4 Å². The zero-order valence-electron chi connectivity index (χ0n) is 11.1. The highest BCUT2D eigenvalue weighted by molar-refractivity contribution is 5.95. The van der Waals surface area contributed by atoms with Gasteiger partial charge in [0.05, 0.1) is 6.54 Å². The van der Waals surface area contributed by atoms with Crippen molar-refractivity contribution in [1.82, 2.24) is 15.5 Å². The van der Waals surface area contributed by atoms with Gasteiger partial charge in [0, 0.05) is 25.7 Å². The topological polar surface area (TPSA) is 87.5 Å². The van der Waals surface area contributed by atoms with E-state index in [9.17, 15) is 9.59 Å². The molecule has 0 radical (unpaired) electrons. The molecule has 3 amide bonds. The third-order valence-electron chi connectivity index (χ3n) is 4.02. The average Bonchev–Trinajstić information content (AvgIpc) is 2.89. The minimum Gasteiger partial charge on any atom is -0.334 e. The number of rotatable bonds is 4. The maximum absolute atomic E-state index is 11.7. The van der Waals surface area contributed by atoms with E-state index in [1.165, 1.54) is 0 Å². The van der Waals surface area contributed by atoms with E-state index in [4.69, 9.17) is 5.73 Å². The first kappa shape index (κ1) is 14.0. The molecule has 3 atom stereocenters. The lowest BCUT2D eigenvalue weighted by Crippen LogP contribution is -2.44. The van der Waals surface area contributed by atoms with Gasteiger partial charge in [-0.15, -0.1) is 6.58 Å². The van der Waals surface area contributed by atoms with Crippen molar-refractivity contribution in [2.24, 2.45) is 17.6 Å². The van der Waals surface area contributed by atoms with Gasteiger partial charge in [-0.2, -0.15) is 0 Å². The maximum Gasteiger partial charge on any atom is 0.321 e. The summed E-state index contributed by atoms with van der Waals surface area (Å²) in [5.41, 5.74) is 6.05. The molecule has 1 saturated carbocycles. The highest BCUT2D eigenvalue weighted by Crippen LogP contribution is 2.36. The average molecular weight is 266 g/mol. The SMILES string of the molecule is C=CCNC(=O)NC(=O)CN1CC2CCC(N)C2C1. The lowest BCUT2D eigenvalue weighted by molar-refractivity contribution is -0.121. The van der Waals surface area contributed by atoms with Gasteiger partial charge in [0.2, 0.25) is 5.91 Å². The van der Waals surface area contributed by atoms with E-state index < -0.39 is 6.03 Å². The predicted octanol–water partition coefficient (Wildman–Crippen LogP) is -0.333. The Kier molecular flexibility index (Phi) is 4.55. The monoisotopic (exact) mass is 266 g/mol. The second kappa shape index (κ2) is 6.16. The van der Waals surface area contributed by atoms with Crippen molar-refractivity contribution < 1.29 is 9.59 Å². The van der Waals surface area contributed by atoms with Crippen LogP contribution >= 0.6 is 0 Å². The second-order valence-corrected chi connectivity index (χ2v) is 5.41. The van der Waals surface area contributed by atoms with E-state index >= 15 is 0 Å². The molecule has 0 aromatic rings. The maximum atomic E-state index is 11.7. The Morgan fingerprint density at radius 1 is 1.37 bits per heavy atom. The van der Waals surface area contributed by atoms with E-state index in [2.05, 4.69) is 22.1 Å². The normalized spacial score (nSPS) is 29.8. The largest absolute Gasteiger partial charge is 0.334 e. The summed E-state index contributed by atoms with van der Waals surface area (Å²) in [6, 6.07) is -0.199. The number of carbonyl (C=O) groups excluding carboxylic acids is 2. The van der Waals surface area contributed by atoms with Crippen LogP contribution in [0, 0.1) is 11.8 Å². The lowest BCUT2D eigenvalue weighted by Gasteiger charge is -2.17. The number of urea groups is 1. The van der Waals surface area contributed by atoms with Crippen molar-refractivity contribution in [3.8, 4) is 0 Å². The summed E-state index contributed by atoms with van der Waals surface area (Å²) in [5, 5.41) is 4.82. The number of likely N-dealkylation sites (tertiary alicyclic amines) is 1. The lowest BCUT2D eigenvalue weighted by atomic mass is 9.98. The highest BCUT2D eigenvalue weighted by atomic mass is 16.2. The van der Waals surface area contributed by atoms with E-state index in [1.807, 2.05) is 0 Å². The third-order valence-corrected chi connectivity index (χ3v) is 4.02. The molecule has 0 spiro atoms. The van der Waals surface area contributed by atoms with Crippen LogP contribution in [-0.2, 0) is 4.79 Å². The van der Waals surface area contributed by atoms with E-state index in [0.717, 1.165) is 25.9 Å². The standard InChI is InChI=1S/C13H22N4O2/c1-2-5-15-13(19)16-12(18)8-17-6-9-3-4-11(14)10(9)7-17/h2,9-11H,1,3-8,14H2,(H2,15,16,18,19). The predicted molar refractivity (Wildman–Crippen MR) is 72.4 cm³/mol. The van der Waals surface area contributed by atoms with Crippen molar-refractivity contribution in [3.05, 3.63) is 12.7 Å². The van der Waals surface area contributed by atoms with Gasteiger partial charge in [-0.1, -0.05) is 6.08 Å². The van der Waals surface area contributed by atoms with Gasteiger partial charge in [-0.05, 0) is 24.7 Å². The summed E-state index contributed by atoms with van der Waals surface area (Å²) >= 11 is 0. The van der Waals surface area contributed by atoms with E-state index in [0.29, 0.717) is 18.4 Å². The summed E-state index contributed by atoms with van der Waals surface area (Å²) in [4.78, 5) is 25.1. The summed E-state index contributed by atoms with van der Waals surface area (Å²) in [7, 11) is 0. The molecule has 19 heavy (non-hydrogen) atoms.